The van der Waals surface area contributed by atoms with Crippen LogP contribution in [-0.4, -0.2) is 55.5 Å². The zero-order valence-electron chi connectivity index (χ0n) is 13.6. The standard InChI is InChI=1S/C15H30N2O3/c1-12(2)11-19-8-6-7-16-13-9-17(10-13)14(18)20-15(3,4)5/h12-13,16H,6-11H2,1-5H3. The van der Waals surface area contributed by atoms with Crippen LogP contribution < -0.4 is 5.32 Å². The summed E-state index contributed by atoms with van der Waals surface area (Å²) >= 11 is 0. The first kappa shape index (κ1) is 17.2. The molecule has 5 heteroatoms. The minimum Gasteiger partial charge on any atom is -0.444 e. The molecule has 1 aliphatic heterocycles. The fraction of sp³-hybridized carbons (Fsp3) is 0.933. The first-order valence-electron chi connectivity index (χ1n) is 7.57. The minimum atomic E-state index is -0.413. The molecule has 1 amide bonds. The summed E-state index contributed by atoms with van der Waals surface area (Å²) in [5, 5.41) is 3.43. The molecule has 1 N–H and O–H groups in total. The number of hydrogen-bond acceptors (Lipinski definition) is 4. The molecular weight excluding hydrogens is 256 g/mol. The Morgan fingerprint density at radius 1 is 1.35 bits per heavy atom. The van der Waals surface area contributed by atoms with E-state index in [-0.39, 0.29) is 6.09 Å². The van der Waals surface area contributed by atoms with E-state index in [2.05, 4.69) is 19.2 Å². The van der Waals surface area contributed by atoms with Gasteiger partial charge in [0, 0.05) is 32.3 Å². The molecule has 0 aromatic carbocycles. The Balaban J connectivity index is 1.98. The van der Waals surface area contributed by atoms with Gasteiger partial charge in [0.2, 0.25) is 0 Å². The van der Waals surface area contributed by atoms with Gasteiger partial charge in [-0.3, -0.25) is 0 Å². The van der Waals surface area contributed by atoms with E-state index in [1.807, 2.05) is 20.8 Å². The third-order valence-corrected chi connectivity index (χ3v) is 2.88. The Hall–Kier alpha value is -0.810. The highest BCUT2D eigenvalue weighted by Gasteiger charge is 2.33. The molecular formula is C15H30N2O3. The van der Waals surface area contributed by atoms with E-state index in [0.29, 0.717) is 12.0 Å². The largest absolute Gasteiger partial charge is 0.444 e. The number of carbonyl (C=O) groups excluding carboxylic acids is 1. The first-order valence-corrected chi connectivity index (χ1v) is 7.57. The zero-order valence-corrected chi connectivity index (χ0v) is 13.6. The summed E-state index contributed by atoms with van der Waals surface area (Å²) in [7, 11) is 0. The quantitative estimate of drug-likeness (QED) is 0.729. The Labute approximate surface area is 123 Å². The maximum atomic E-state index is 11.7. The van der Waals surface area contributed by atoms with Crippen LogP contribution in [-0.2, 0) is 9.47 Å². The van der Waals surface area contributed by atoms with Crippen molar-refractivity contribution >= 4 is 6.09 Å². The molecule has 118 valence electrons. The zero-order chi connectivity index (χ0) is 15.2. The van der Waals surface area contributed by atoms with Gasteiger partial charge in [0.25, 0.3) is 0 Å². The van der Waals surface area contributed by atoms with Crippen LogP contribution in [0.15, 0.2) is 0 Å². The number of amides is 1. The SMILES string of the molecule is CC(C)COCCCNC1CN(C(=O)OC(C)(C)C)C1. The van der Waals surface area contributed by atoms with E-state index in [9.17, 15) is 4.79 Å². The van der Waals surface area contributed by atoms with Gasteiger partial charge in [-0.15, -0.1) is 0 Å². The number of likely N-dealkylation sites (tertiary alicyclic amines) is 1. The molecule has 0 bridgehead atoms. The Bertz CT molecular complexity index is 294. The molecule has 0 radical (unpaired) electrons. The van der Waals surface area contributed by atoms with E-state index in [1.54, 1.807) is 4.90 Å². The van der Waals surface area contributed by atoms with Crippen molar-refractivity contribution in [2.24, 2.45) is 5.92 Å². The second kappa shape index (κ2) is 7.84. The monoisotopic (exact) mass is 286 g/mol. The third-order valence-electron chi connectivity index (χ3n) is 2.88. The summed E-state index contributed by atoms with van der Waals surface area (Å²) in [5.74, 6) is 0.594. The molecule has 0 aromatic heterocycles. The third kappa shape index (κ3) is 7.10. The average Bonchev–Trinajstić information content (AvgIpc) is 2.21. The molecule has 1 rings (SSSR count). The molecule has 20 heavy (non-hydrogen) atoms. The van der Waals surface area contributed by atoms with Crippen molar-refractivity contribution in [2.45, 2.75) is 52.7 Å². The average molecular weight is 286 g/mol. The molecule has 0 atom stereocenters. The summed E-state index contributed by atoms with van der Waals surface area (Å²) < 4.78 is 10.8. The molecule has 1 heterocycles. The molecule has 5 nitrogen and oxygen atoms in total. The van der Waals surface area contributed by atoms with Gasteiger partial charge in [0.15, 0.2) is 0 Å². The summed E-state index contributed by atoms with van der Waals surface area (Å²) in [6.07, 6.45) is 0.797. The summed E-state index contributed by atoms with van der Waals surface area (Å²) in [6, 6.07) is 0.396. The van der Waals surface area contributed by atoms with Crippen LogP contribution in [0.4, 0.5) is 4.79 Å². The van der Waals surface area contributed by atoms with Crippen molar-refractivity contribution in [1.29, 1.82) is 0 Å². The lowest BCUT2D eigenvalue weighted by Crippen LogP contribution is -2.60. The lowest BCUT2D eigenvalue weighted by Gasteiger charge is -2.40. The van der Waals surface area contributed by atoms with Crippen LogP contribution in [0.5, 0.6) is 0 Å². The molecule has 1 saturated heterocycles. The second-order valence-corrected chi connectivity index (χ2v) is 6.86. The summed E-state index contributed by atoms with van der Waals surface area (Å²) in [5.41, 5.74) is -0.413. The molecule has 0 aliphatic carbocycles. The van der Waals surface area contributed by atoms with Crippen molar-refractivity contribution in [3.8, 4) is 0 Å². The lowest BCUT2D eigenvalue weighted by atomic mass is 10.1. The molecule has 0 unspecified atom stereocenters. The Morgan fingerprint density at radius 2 is 2.00 bits per heavy atom. The van der Waals surface area contributed by atoms with Crippen LogP contribution in [0.2, 0.25) is 0 Å². The first-order chi connectivity index (χ1) is 9.28. The smallest absolute Gasteiger partial charge is 0.410 e. The highest BCUT2D eigenvalue weighted by atomic mass is 16.6. The number of nitrogens with one attached hydrogen (secondary N) is 1. The van der Waals surface area contributed by atoms with E-state index in [0.717, 1.165) is 39.3 Å². The predicted molar refractivity (Wildman–Crippen MR) is 79.9 cm³/mol. The fourth-order valence-electron chi connectivity index (χ4n) is 1.88. The molecule has 1 fully saturated rings. The normalized spacial score (nSPS) is 16.4. The van der Waals surface area contributed by atoms with Crippen molar-refractivity contribution in [1.82, 2.24) is 10.2 Å². The summed E-state index contributed by atoms with van der Waals surface area (Å²) in [6.45, 7) is 14.0. The minimum absolute atomic E-state index is 0.212. The number of nitrogens with zero attached hydrogens (tertiary/aromatic N) is 1. The van der Waals surface area contributed by atoms with Gasteiger partial charge in [-0.25, -0.2) is 4.79 Å². The van der Waals surface area contributed by atoms with Crippen molar-refractivity contribution in [3.05, 3.63) is 0 Å². The number of rotatable bonds is 7. The van der Waals surface area contributed by atoms with Crippen molar-refractivity contribution in [3.63, 3.8) is 0 Å². The van der Waals surface area contributed by atoms with E-state index < -0.39 is 5.60 Å². The number of carbonyl (C=O) groups is 1. The van der Waals surface area contributed by atoms with Gasteiger partial charge in [0.05, 0.1) is 0 Å². The van der Waals surface area contributed by atoms with Gasteiger partial charge in [-0.05, 0) is 39.7 Å². The second-order valence-electron chi connectivity index (χ2n) is 6.86. The predicted octanol–water partition coefficient (Wildman–Crippen LogP) is 2.26. The van der Waals surface area contributed by atoms with Crippen LogP contribution in [0, 0.1) is 5.92 Å². The highest BCUT2D eigenvalue weighted by molar-refractivity contribution is 5.69. The van der Waals surface area contributed by atoms with Crippen molar-refractivity contribution < 1.29 is 14.3 Å². The van der Waals surface area contributed by atoms with Gasteiger partial charge >= 0.3 is 6.09 Å². The Morgan fingerprint density at radius 3 is 2.55 bits per heavy atom. The van der Waals surface area contributed by atoms with Gasteiger partial charge in [0.1, 0.15) is 5.60 Å². The molecule has 0 saturated carbocycles. The fourth-order valence-corrected chi connectivity index (χ4v) is 1.88. The van der Waals surface area contributed by atoms with Crippen LogP contribution in [0.25, 0.3) is 0 Å². The molecule has 0 aromatic rings. The number of hydrogen-bond donors (Lipinski definition) is 1. The van der Waals surface area contributed by atoms with Gasteiger partial charge < -0.3 is 19.7 Å². The topological polar surface area (TPSA) is 50.8 Å². The number of ether oxygens (including phenoxy) is 2. The van der Waals surface area contributed by atoms with Crippen LogP contribution >= 0.6 is 0 Å². The maximum Gasteiger partial charge on any atom is 0.410 e. The van der Waals surface area contributed by atoms with Crippen LogP contribution in [0.3, 0.4) is 0 Å². The van der Waals surface area contributed by atoms with Gasteiger partial charge in [-0.1, -0.05) is 13.8 Å². The highest BCUT2D eigenvalue weighted by Crippen LogP contribution is 2.15. The maximum absolute atomic E-state index is 11.7. The van der Waals surface area contributed by atoms with Crippen LogP contribution in [0.1, 0.15) is 41.0 Å². The molecule has 1 aliphatic rings. The van der Waals surface area contributed by atoms with E-state index >= 15 is 0 Å². The van der Waals surface area contributed by atoms with E-state index in [4.69, 9.17) is 9.47 Å². The molecule has 0 spiro atoms. The summed E-state index contributed by atoms with van der Waals surface area (Å²) in [4.78, 5) is 13.5. The Kier molecular flexibility index (Phi) is 6.76. The lowest BCUT2D eigenvalue weighted by molar-refractivity contribution is 0.00508. The van der Waals surface area contributed by atoms with E-state index in [1.165, 1.54) is 0 Å². The van der Waals surface area contributed by atoms with Gasteiger partial charge in [-0.2, -0.15) is 0 Å². The van der Waals surface area contributed by atoms with Crippen molar-refractivity contribution in [2.75, 3.05) is 32.8 Å².